The molecule has 2 heterocycles. The first-order chi connectivity index (χ1) is 10.8. The molecule has 0 fully saturated rings. The maximum absolute atomic E-state index is 10.9. The highest BCUT2D eigenvalue weighted by atomic mass is 16.4. The highest BCUT2D eigenvalue weighted by Gasteiger charge is 2.21. The number of hydrogen-bond acceptors (Lipinski definition) is 6. The molecular formula is C15H13N5O2. The molecule has 3 aromatic rings. The molecule has 0 saturated carbocycles. The van der Waals surface area contributed by atoms with Gasteiger partial charge in [-0.25, -0.2) is 9.89 Å². The summed E-state index contributed by atoms with van der Waals surface area (Å²) in [6.07, 6.45) is 1.96. The molecule has 110 valence electrons. The van der Waals surface area contributed by atoms with Crippen LogP contribution in [-0.2, 0) is 12.8 Å². The van der Waals surface area contributed by atoms with Crippen molar-refractivity contribution in [3.8, 4) is 11.6 Å². The van der Waals surface area contributed by atoms with E-state index in [1.165, 1.54) is 11.1 Å². The number of aromatic nitrogens is 4. The SMILES string of the molecule is O=c1[nH]nc(-c2ccc(NC3Cc4ccccc4C3)nn2)o1. The summed E-state index contributed by atoms with van der Waals surface area (Å²) in [5, 5.41) is 17.4. The van der Waals surface area contributed by atoms with Gasteiger partial charge in [0, 0.05) is 6.04 Å². The van der Waals surface area contributed by atoms with Gasteiger partial charge in [0.05, 0.1) is 0 Å². The molecule has 0 bridgehead atoms. The standard InChI is InChI=1S/C15H13N5O2/c21-15-20-19-14(22-15)12-5-6-13(18-17-12)16-11-7-9-3-1-2-4-10(9)8-11/h1-6,11H,7-8H2,(H,16,18)(H,20,21). The van der Waals surface area contributed by atoms with Crippen LogP contribution in [0.2, 0.25) is 0 Å². The monoisotopic (exact) mass is 295 g/mol. The van der Waals surface area contributed by atoms with Crippen LogP contribution in [-0.4, -0.2) is 26.4 Å². The van der Waals surface area contributed by atoms with Gasteiger partial charge in [0.25, 0.3) is 5.89 Å². The number of nitrogens with one attached hydrogen (secondary N) is 2. The van der Waals surface area contributed by atoms with E-state index in [0.717, 1.165) is 12.8 Å². The lowest BCUT2D eigenvalue weighted by atomic mass is 10.1. The number of benzene rings is 1. The minimum atomic E-state index is -0.609. The average Bonchev–Trinajstić information content (AvgIpc) is 3.13. The van der Waals surface area contributed by atoms with Crippen molar-refractivity contribution in [3.63, 3.8) is 0 Å². The highest BCUT2D eigenvalue weighted by molar-refractivity contribution is 5.49. The predicted octanol–water partition coefficient (Wildman–Crippen LogP) is 1.40. The molecule has 0 amide bonds. The van der Waals surface area contributed by atoms with E-state index in [9.17, 15) is 4.79 Å². The van der Waals surface area contributed by atoms with Crippen LogP contribution in [0.15, 0.2) is 45.6 Å². The van der Waals surface area contributed by atoms with Gasteiger partial charge in [0.15, 0.2) is 5.69 Å². The smallest absolute Gasteiger partial charge is 0.386 e. The van der Waals surface area contributed by atoms with Crippen LogP contribution in [0, 0.1) is 0 Å². The van der Waals surface area contributed by atoms with Gasteiger partial charge in [0.1, 0.15) is 5.82 Å². The molecule has 0 unspecified atom stereocenters. The summed E-state index contributed by atoms with van der Waals surface area (Å²) >= 11 is 0. The third-order valence-corrected chi connectivity index (χ3v) is 3.72. The fraction of sp³-hybridized carbons (Fsp3) is 0.200. The van der Waals surface area contributed by atoms with Crippen molar-refractivity contribution in [2.75, 3.05) is 5.32 Å². The zero-order valence-electron chi connectivity index (χ0n) is 11.6. The van der Waals surface area contributed by atoms with Crippen molar-refractivity contribution in [3.05, 3.63) is 58.1 Å². The van der Waals surface area contributed by atoms with Crippen LogP contribution in [0.1, 0.15) is 11.1 Å². The van der Waals surface area contributed by atoms with Crippen molar-refractivity contribution in [2.24, 2.45) is 0 Å². The van der Waals surface area contributed by atoms with E-state index in [1.807, 2.05) is 0 Å². The molecule has 0 atom stereocenters. The summed E-state index contributed by atoms with van der Waals surface area (Å²) in [6.45, 7) is 0. The van der Waals surface area contributed by atoms with Crippen LogP contribution in [0.3, 0.4) is 0 Å². The van der Waals surface area contributed by atoms with E-state index in [1.54, 1.807) is 12.1 Å². The molecule has 0 spiro atoms. The molecule has 1 aromatic carbocycles. The van der Waals surface area contributed by atoms with Crippen LogP contribution < -0.4 is 11.1 Å². The first kappa shape index (κ1) is 12.8. The van der Waals surface area contributed by atoms with Gasteiger partial charge in [-0.3, -0.25) is 0 Å². The quantitative estimate of drug-likeness (QED) is 0.758. The van der Waals surface area contributed by atoms with E-state index >= 15 is 0 Å². The van der Waals surface area contributed by atoms with Crippen molar-refractivity contribution in [1.29, 1.82) is 0 Å². The Morgan fingerprint density at radius 2 is 1.86 bits per heavy atom. The fourth-order valence-corrected chi connectivity index (χ4v) is 2.73. The van der Waals surface area contributed by atoms with E-state index in [-0.39, 0.29) is 5.89 Å². The molecule has 7 nitrogen and oxygen atoms in total. The Morgan fingerprint density at radius 3 is 2.45 bits per heavy atom. The van der Waals surface area contributed by atoms with E-state index in [0.29, 0.717) is 17.6 Å². The van der Waals surface area contributed by atoms with Crippen LogP contribution in [0.4, 0.5) is 5.82 Å². The van der Waals surface area contributed by atoms with Crippen LogP contribution in [0.5, 0.6) is 0 Å². The minimum absolute atomic E-state index is 0.136. The number of fused-ring (bicyclic) bond motifs is 1. The van der Waals surface area contributed by atoms with E-state index in [4.69, 9.17) is 4.42 Å². The second-order valence-electron chi connectivity index (χ2n) is 5.24. The first-order valence-corrected chi connectivity index (χ1v) is 7.01. The van der Waals surface area contributed by atoms with Crippen molar-refractivity contribution in [2.45, 2.75) is 18.9 Å². The number of anilines is 1. The summed E-state index contributed by atoms with van der Waals surface area (Å²) in [6, 6.07) is 12.3. The zero-order chi connectivity index (χ0) is 14.9. The summed E-state index contributed by atoms with van der Waals surface area (Å²) in [7, 11) is 0. The molecule has 1 aliphatic carbocycles. The maximum Gasteiger partial charge on any atom is 0.434 e. The third-order valence-electron chi connectivity index (χ3n) is 3.72. The van der Waals surface area contributed by atoms with Gasteiger partial charge in [0.2, 0.25) is 0 Å². The predicted molar refractivity (Wildman–Crippen MR) is 79.4 cm³/mol. The third kappa shape index (κ3) is 2.37. The maximum atomic E-state index is 10.9. The largest absolute Gasteiger partial charge is 0.434 e. The topological polar surface area (TPSA) is 96.7 Å². The number of aromatic amines is 1. The first-order valence-electron chi connectivity index (χ1n) is 7.01. The lowest BCUT2D eigenvalue weighted by Crippen LogP contribution is -2.20. The van der Waals surface area contributed by atoms with Crippen molar-refractivity contribution < 1.29 is 4.42 Å². The summed E-state index contributed by atoms with van der Waals surface area (Å²) in [5.41, 5.74) is 3.17. The Bertz CT molecular complexity index is 828. The highest BCUT2D eigenvalue weighted by Crippen LogP contribution is 2.24. The molecule has 22 heavy (non-hydrogen) atoms. The molecule has 0 saturated heterocycles. The Morgan fingerprint density at radius 1 is 1.09 bits per heavy atom. The van der Waals surface area contributed by atoms with E-state index in [2.05, 4.69) is 50.0 Å². The fourth-order valence-electron chi connectivity index (χ4n) is 2.73. The number of H-pyrrole nitrogens is 1. The number of hydrogen-bond donors (Lipinski definition) is 2. The molecular weight excluding hydrogens is 282 g/mol. The van der Waals surface area contributed by atoms with Crippen molar-refractivity contribution in [1.82, 2.24) is 20.4 Å². The Labute approximate surface area is 125 Å². The second kappa shape index (κ2) is 5.10. The van der Waals surface area contributed by atoms with Gasteiger partial charge in [-0.15, -0.1) is 15.3 Å². The average molecular weight is 295 g/mol. The molecule has 0 aliphatic heterocycles. The Hall–Kier alpha value is -2.96. The van der Waals surface area contributed by atoms with Crippen LogP contribution >= 0.6 is 0 Å². The van der Waals surface area contributed by atoms with Gasteiger partial charge in [-0.05, 0) is 36.1 Å². The van der Waals surface area contributed by atoms with E-state index < -0.39 is 5.76 Å². The zero-order valence-corrected chi connectivity index (χ0v) is 11.6. The van der Waals surface area contributed by atoms with Gasteiger partial charge >= 0.3 is 5.76 Å². The van der Waals surface area contributed by atoms with Gasteiger partial charge < -0.3 is 9.73 Å². The number of rotatable bonds is 3. The van der Waals surface area contributed by atoms with Crippen molar-refractivity contribution >= 4 is 5.82 Å². The second-order valence-corrected chi connectivity index (χ2v) is 5.24. The molecule has 1 aliphatic rings. The lowest BCUT2D eigenvalue weighted by molar-refractivity contribution is 0.524. The molecule has 2 aromatic heterocycles. The normalized spacial score (nSPS) is 14.0. The molecule has 7 heteroatoms. The minimum Gasteiger partial charge on any atom is -0.386 e. The molecule has 2 N–H and O–H groups in total. The summed E-state index contributed by atoms with van der Waals surface area (Å²) < 4.78 is 4.84. The van der Waals surface area contributed by atoms with Gasteiger partial charge in [-0.1, -0.05) is 24.3 Å². The summed E-state index contributed by atoms with van der Waals surface area (Å²) in [5.74, 6) is 0.222. The molecule has 0 radical (unpaired) electrons. The lowest BCUT2D eigenvalue weighted by Gasteiger charge is -2.11. The number of nitrogens with zero attached hydrogens (tertiary/aromatic N) is 3. The van der Waals surface area contributed by atoms with Gasteiger partial charge in [-0.2, -0.15) is 0 Å². The Kier molecular flexibility index (Phi) is 2.96. The van der Waals surface area contributed by atoms with Crippen LogP contribution in [0.25, 0.3) is 11.6 Å². The Balaban J connectivity index is 1.47. The summed E-state index contributed by atoms with van der Waals surface area (Å²) in [4.78, 5) is 10.9. The molecule has 4 rings (SSSR count).